The Hall–Kier alpha value is -2.82. The summed E-state index contributed by atoms with van der Waals surface area (Å²) in [5.41, 5.74) is 4.07. The van der Waals surface area contributed by atoms with Crippen LogP contribution in [0.25, 0.3) is 11.0 Å². The molecule has 0 atom stereocenters. The molecule has 2 heterocycles. The largest absolute Gasteiger partial charge is 0.459 e. The Labute approximate surface area is 141 Å². The van der Waals surface area contributed by atoms with E-state index in [1.807, 2.05) is 43.3 Å². The van der Waals surface area contributed by atoms with Gasteiger partial charge in [0.05, 0.1) is 18.8 Å². The van der Waals surface area contributed by atoms with Crippen molar-refractivity contribution >= 4 is 16.9 Å². The van der Waals surface area contributed by atoms with Crippen molar-refractivity contribution in [3.63, 3.8) is 0 Å². The molecule has 0 radical (unpaired) electrons. The predicted molar refractivity (Wildman–Crippen MR) is 97.0 cm³/mol. The first-order valence-electron chi connectivity index (χ1n) is 8.01. The molecule has 0 saturated carbocycles. The number of fused-ring (bicyclic) bond motifs is 1. The van der Waals surface area contributed by atoms with Gasteiger partial charge < -0.3 is 15.1 Å². The van der Waals surface area contributed by atoms with Gasteiger partial charge in [-0.2, -0.15) is 0 Å². The SMILES string of the molecule is CN=C(NCc1cccc(C)n1)NCc1oc2ccccc2c1C. The number of aromatic nitrogens is 1. The van der Waals surface area contributed by atoms with Crippen LogP contribution in [0, 0.1) is 13.8 Å². The van der Waals surface area contributed by atoms with E-state index >= 15 is 0 Å². The van der Waals surface area contributed by atoms with Crippen LogP contribution < -0.4 is 10.6 Å². The molecule has 2 aromatic heterocycles. The number of nitrogens with one attached hydrogen (secondary N) is 2. The molecule has 124 valence electrons. The standard InChI is InChI=1S/C19H22N4O/c1-13-7-6-8-15(23-13)11-21-19(20-3)22-12-18-14(2)16-9-4-5-10-17(16)24-18/h4-10H,11-12H2,1-3H3,(H2,20,21,22). The van der Waals surface area contributed by atoms with Gasteiger partial charge in [-0.15, -0.1) is 0 Å². The number of benzene rings is 1. The average Bonchev–Trinajstić information content (AvgIpc) is 2.92. The molecule has 0 aliphatic rings. The highest BCUT2D eigenvalue weighted by atomic mass is 16.3. The van der Waals surface area contributed by atoms with Crippen LogP contribution in [-0.2, 0) is 13.1 Å². The van der Waals surface area contributed by atoms with Gasteiger partial charge in [0.2, 0.25) is 0 Å². The van der Waals surface area contributed by atoms with E-state index in [0.29, 0.717) is 13.1 Å². The lowest BCUT2D eigenvalue weighted by molar-refractivity contribution is 0.534. The van der Waals surface area contributed by atoms with Crippen molar-refractivity contribution < 1.29 is 4.42 Å². The van der Waals surface area contributed by atoms with E-state index < -0.39 is 0 Å². The van der Waals surface area contributed by atoms with E-state index in [1.54, 1.807) is 7.05 Å². The maximum atomic E-state index is 5.91. The summed E-state index contributed by atoms with van der Waals surface area (Å²) in [7, 11) is 1.75. The third kappa shape index (κ3) is 3.56. The lowest BCUT2D eigenvalue weighted by atomic mass is 10.1. The van der Waals surface area contributed by atoms with Crippen LogP contribution in [-0.4, -0.2) is 18.0 Å². The zero-order valence-electron chi connectivity index (χ0n) is 14.3. The third-order valence-corrected chi connectivity index (χ3v) is 3.97. The monoisotopic (exact) mass is 322 g/mol. The summed E-state index contributed by atoms with van der Waals surface area (Å²) >= 11 is 0. The third-order valence-electron chi connectivity index (χ3n) is 3.97. The van der Waals surface area contributed by atoms with E-state index in [1.165, 1.54) is 0 Å². The van der Waals surface area contributed by atoms with Gasteiger partial charge in [0.25, 0.3) is 0 Å². The van der Waals surface area contributed by atoms with Gasteiger partial charge in [0.15, 0.2) is 5.96 Å². The van der Waals surface area contributed by atoms with E-state index in [-0.39, 0.29) is 0 Å². The molecule has 5 nitrogen and oxygen atoms in total. The molecule has 0 aliphatic carbocycles. The highest BCUT2D eigenvalue weighted by molar-refractivity contribution is 5.82. The van der Waals surface area contributed by atoms with Crippen molar-refractivity contribution in [3.05, 3.63) is 65.2 Å². The Balaban J connectivity index is 1.62. The molecule has 3 rings (SSSR count). The second kappa shape index (κ2) is 7.17. The molecule has 0 aliphatic heterocycles. The minimum absolute atomic E-state index is 0.585. The van der Waals surface area contributed by atoms with E-state index in [4.69, 9.17) is 4.42 Å². The number of hydrogen-bond donors (Lipinski definition) is 2. The molecule has 5 heteroatoms. The van der Waals surface area contributed by atoms with Gasteiger partial charge in [-0.1, -0.05) is 24.3 Å². The zero-order chi connectivity index (χ0) is 16.9. The number of aliphatic imine (C=N–C) groups is 1. The Morgan fingerprint density at radius 3 is 2.58 bits per heavy atom. The maximum Gasteiger partial charge on any atom is 0.191 e. The van der Waals surface area contributed by atoms with Crippen molar-refractivity contribution in [1.82, 2.24) is 15.6 Å². The predicted octanol–water partition coefficient (Wildman–Crippen LogP) is 3.31. The molecule has 0 bridgehead atoms. The van der Waals surface area contributed by atoms with Gasteiger partial charge >= 0.3 is 0 Å². The fourth-order valence-corrected chi connectivity index (χ4v) is 2.65. The summed E-state index contributed by atoms with van der Waals surface area (Å²) in [5.74, 6) is 1.64. The highest BCUT2D eigenvalue weighted by Crippen LogP contribution is 2.24. The molecule has 24 heavy (non-hydrogen) atoms. The Kier molecular flexibility index (Phi) is 4.79. The molecule has 1 aromatic carbocycles. The lowest BCUT2D eigenvalue weighted by Crippen LogP contribution is -2.36. The second-order valence-corrected chi connectivity index (χ2v) is 5.70. The Morgan fingerprint density at radius 1 is 1.04 bits per heavy atom. The normalized spacial score (nSPS) is 11.7. The fraction of sp³-hybridized carbons (Fsp3) is 0.263. The molecular formula is C19H22N4O. The van der Waals surface area contributed by atoms with Gasteiger partial charge in [-0.25, -0.2) is 0 Å². The summed E-state index contributed by atoms with van der Waals surface area (Å²) in [6, 6.07) is 14.1. The van der Waals surface area contributed by atoms with Crippen LogP contribution in [0.5, 0.6) is 0 Å². The van der Waals surface area contributed by atoms with Crippen LogP contribution in [0.2, 0.25) is 0 Å². The number of rotatable bonds is 4. The smallest absolute Gasteiger partial charge is 0.191 e. The maximum absolute atomic E-state index is 5.91. The van der Waals surface area contributed by atoms with E-state index in [2.05, 4.69) is 33.6 Å². The molecule has 0 amide bonds. The van der Waals surface area contributed by atoms with Crippen LogP contribution >= 0.6 is 0 Å². The molecule has 2 N–H and O–H groups in total. The highest BCUT2D eigenvalue weighted by Gasteiger charge is 2.10. The van der Waals surface area contributed by atoms with Crippen LogP contribution in [0.3, 0.4) is 0 Å². The number of guanidine groups is 1. The number of nitrogens with zero attached hydrogens (tertiary/aromatic N) is 2. The summed E-state index contributed by atoms with van der Waals surface area (Å²) < 4.78 is 5.91. The summed E-state index contributed by atoms with van der Waals surface area (Å²) in [6.07, 6.45) is 0. The molecule has 3 aromatic rings. The number of furan rings is 1. The quantitative estimate of drug-likeness (QED) is 0.571. The second-order valence-electron chi connectivity index (χ2n) is 5.70. The van der Waals surface area contributed by atoms with Crippen molar-refractivity contribution in [1.29, 1.82) is 0 Å². The fourth-order valence-electron chi connectivity index (χ4n) is 2.65. The van der Waals surface area contributed by atoms with Gasteiger partial charge in [0.1, 0.15) is 11.3 Å². The summed E-state index contributed by atoms with van der Waals surface area (Å²) in [5, 5.41) is 7.71. The Bertz CT molecular complexity index is 867. The van der Waals surface area contributed by atoms with Crippen molar-refractivity contribution in [2.24, 2.45) is 4.99 Å². The van der Waals surface area contributed by atoms with E-state index in [0.717, 1.165) is 39.6 Å². The van der Waals surface area contributed by atoms with Crippen molar-refractivity contribution in [2.45, 2.75) is 26.9 Å². The Morgan fingerprint density at radius 2 is 1.83 bits per heavy atom. The van der Waals surface area contributed by atoms with Crippen LogP contribution in [0.4, 0.5) is 0 Å². The van der Waals surface area contributed by atoms with Gasteiger partial charge in [-0.05, 0) is 32.0 Å². The van der Waals surface area contributed by atoms with Crippen molar-refractivity contribution in [3.8, 4) is 0 Å². The topological polar surface area (TPSA) is 62.5 Å². The zero-order valence-corrected chi connectivity index (χ0v) is 14.3. The van der Waals surface area contributed by atoms with Crippen LogP contribution in [0.15, 0.2) is 51.9 Å². The minimum atomic E-state index is 0.585. The van der Waals surface area contributed by atoms with Gasteiger partial charge in [0, 0.05) is 23.7 Å². The molecule has 0 fully saturated rings. The van der Waals surface area contributed by atoms with Gasteiger partial charge in [-0.3, -0.25) is 9.98 Å². The number of hydrogen-bond acceptors (Lipinski definition) is 3. The molecule has 0 spiro atoms. The minimum Gasteiger partial charge on any atom is -0.459 e. The first kappa shape index (κ1) is 16.1. The number of pyridine rings is 1. The first-order chi connectivity index (χ1) is 11.7. The van der Waals surface area contributed by atoms with Crippen LogP contribution in [0.1, 0.15) is 22.7 Å². The van der Waals surface area contributed by atoms with E-state index in [9.17, 15) is 0 Å². The molecular weight excluding hydrogens is 300 g/mol. The molecule has 0 unspecified atom stereocenters. The summed E-state index contributed by atoms with van der Waals surface area (Å²) in [4.78, 5) is 8.73. The summed E-state index contributed by atoms with van der Waals surface area (Å²) in [6.45, 7) is 5.28. The average molecular weight is 322 g/mol. The number of aryl methyl sites for hydroxylation is 2. The number of para-hydroxylation sites is 1. The molecule has 0 saturated heterocycles. The first-order valence-corrected chi connectivity index (χ1v) is 8.01. The lowest BCUT2D eigenvalue weighted by Gasteiger charge is -2.11. The van der Waals surface area contributed by atoms with Crippen molar-refractivity contribution in [2.75, 3.05) is 7.05 Å².